The number of carbonyl (C=O) groups is 2. The largest absolute Gasteiger partial charge is 0.326 e. The van der Waals surface area contributed by atoms with Gasteiger partial charge in [0.25, 0.3) is 5.91 Å². The highest BCUT2D eigenvalue weighted by molar-refractivity contribution is 6.62. The number of urea groups is 1. The van der Waals surface area contributed by atoms with Crippen LogP contribution < -0.4 is 10.6 Å². The second-order valence-electron chi connectivity index (χ2n) is 2.85. The fourth-order valence-corrected chi connectivity index (χ4v) is 1.15. The van der Waals surface area contributed by atoms with Crippen molar-refractivity contribution >= 4 is 52.4 Å². The van der Waals surface area contributed by atoms with Crippen LogP contribution >= 0.6 is 34.8 Å². The van der Waals surface area contributed by atoms with Crippen molar-refractivity contribution in [3.8, 4) is 0 Å². The number of amides is 3. The summed E-state index contributed by atoms with van der Waals surface area (Å²) in [5.41, 5.74) is 0.537. The summed E-state index contributed by atoms with van der Waals surface area (Å²) in [4.78, 5) is 22.6. The van der Waals surface area contributed by atoms with Gasteiger partial charge < -0.3 is 5.32 Å². The number of anilines is 1. The number of rotatable bonds is 2. The molecule has 90 valence electrons. The Labute approximate surface area is 113 Å². The molecular weight excluding hydrogens is 286 g/mol. The predicted molar refractivity (Wildman–Crippen MR) is 68.2 cm³/mol. The minimum atomic E-state index is -0.875. The van der Waals surface area contributed by atoms with Crippen molar-refractivity contribution in [1.82, 2.24) is 5.32 Å². The molecule has 1 rings (SSSR count). The van der Waals surface area contributed by atoms with Gasteiger partial charge in [-0.2, -0.15) is 0 Å². The van der Waals surface area contributed by atoms with Crippen molar-refractivity contribution in [1.29, 1.82) is 0 Å². The van der Waals surface area contributed by atoms with Crippen molar-refractivity contribution in [3.63, 3.8) is 0 Å². The van der Waals surface area contributed by atoms with Crippen LogP contribution in [-0.4, -0.2) is 11.9 Å². The third-order valence-electron chi connectivity index (χ3n) is 1.62. The van der Waals surface area contributed by atoms with Gasteiger partial charge in [-0.15, -0.1) is 0 Å². The molecule has 0 aliphatic heterocycles. The summed E-state index contributed by atoms with van der Waals surface area (Å²) in [7, 11) is 0. The Morgan fingerprint density at radius 1 is 1.00 bits per heavy atom. The van der Waals surface area contributed by atoms with Gasteiger partial charge in [-0.25, -0.2) is 4.79 Å². The molecule has 1 aromatic rings. The number of hydrogen-bond acceptors (Lipinski definition) is 2. The van der Waals surface area contributed by atoms with Crippen LogP contribution in [0.2, 0.25) is 0 Å². The van der Waals surface area contributed by atoms with E-state index in [1.165, 1.54) is 0 Å². The maximum Gasteiger partial charge on any atom is 0.326 e. The van der Waals surface area contributed by atoms with Gasteiger partial charge >= 0.3 is 6.03 Å². The van der Waals surface area contributed by atoms with Crippen LogP contribution in [0.1, 0.15) is 0 Å². The van der Waals surface area contributed by atoms with Crippen molar-refractivity contribution in [2.24, 2.45) is 0 Å². The molecule has 0 saturated heterocycles. The zero-order chi connectivity index (χ0) is 12.8. The summed E-state index contributed by atoms with van der Waals surface area (Å²) in [6.45, 7) is 0. The molecule has 0 spiro atoms. The molecule has 0 unspecified atom stereocenters. The van der Waals surface area contributed by atoms with Crippen molar-refractivity contribution in [3.05, 3.63) is 39.9 Å². The molecule has 4 nitrogen and oxygen atoms in total. The highest BCUT2D eigenvalue weighted by atomic mass is 35.5. The number of para-hydroxylation sites is 1. The number of imide groups is 1. The summed E-state index contributed by atoms with van der Waals surface area (Å²) in [6.07, 6.45) is 0. The average Bonchev–Trinajstić information content (AvgIpc) is 2.28. The van der Waals surface area contributed by atoms with Gasteiger partial charge in [0.05, 0.1) is 0 Å². The van der Waals surface area contributed by atoms with Crippen LogP contribution in [0.25, 0.3) is 0 Å². The predicted octanol–water partition coefficient (Wildman–Crippen LogP) is 3.22. The van der Waals surface area contributed by atoms with Gasteiger partial charge in [0.15, 0.2) is 0 Å². The van der Waals surface area contributed by atoms with E-state index < -0.39 is 21.5 Å². The van der Waals surface area contributed by atoms with Gasteiger partial charge in [0.1, 0.15) is 9.52 Å². The van der Waals surface area contributed by atoms with E-state index in [1.807, 2.05) is 5.32 Å². The summed E-state index contributed by atoms with van der Waals surface area (Å²) in [5, 5.41) is 3.94. The van der Waals surface area contributed by atoms with Gasteiger partial charge in [-0.3, -0.25) is 10.1 Å². The maximum absolute atomic E-state index is 11.3. The minimum Gasteiger partial charge on any atom is -0.308 e. The minimum absolute atomic E-state index is 0.406. The summed E-state index contributed by atoms with van der Waals surface area (Å²) in [5.74, 6) is -0.875. The molecule has 0 heterocycles. The summed E-state index contributed by atoms with van der Waals surface area (Å²) >= 11 is 16.0. The van der Waals surface area contributed by atoms with E-state index in [0.29, 0.717) is 5.69 Å². The first-order chi connectivity index (χ1) is 8.00. The zero-order valence-corrected chi connectivity index (χ0v) is 10.6. The lowest BCUT2D eigenvalue weighted by atomic mass is 10.3. The van der Waals surface area contributed by atoms with Gasteiger partial charge in [-0.05, 0) is 12.1 Å². The molecule has 0 atom stereocenters. The first-order valence-corrected chi connectivity index (χ1v) is 5.52. The second kappa shape index (κ2) is 6.49. The van der Waals surface area contributed by atoms with Gasteiger partial charge in [-0.1, -0.05) is 53.0 Å². The van der Waals surface area contributed by atoms with E-state index in [1.54, 1.807) is 30.3 Å². The Balaban J connectivity index is 2.57. The molecule has 0 saturated carbocycles. The number of nitrogens with one attached hydrogen (secondary N) is 2. The Kier molecular flexibility index (Phi) is 5.28. The first-order valence-electron chi connectivity index (χ1n) is 4.39. The zero-order valence-electron chi connectivity index (χ0n) is 8.34. The molecule has 3 amide bonds. The van der Waals surface area contributed by atoms with Crippen molar-refractivity contribution in [2.75, 3.05) is 5.32 Å². The lowest BCUT2D eigenvalue weighted by Gasteiger charge is -2.05. The number of hydrogen-bond donors (Lipinski definition) is 2. The topological polar surface area (TPSA) is 58.2 Å². The maximum atomic E-state index is 11.3. The van der Waals surface area contributed by atoms with Crippen LogP contribution in [0.3, 0.4) is 0 Å². The Hall–Kier alpha value is -1.23. The van der Waals surface area contributed by atoms with E-state index in [0.717, 1.165) is 0 Å². The van der Waals surface area contributed by atoms with E-state index in [9.17, 15) is 9.59 Å². The quantitative estimate of drug-likeness (QED) is 0.823. The van der Waals surface area contributed by atoms with Crippen molar-refractivity contribution < 1.29 is 9.59 Å². The Morgan fingerprint density at radius 3 is 2.12 bits per heavy atom. The van der Waals surface area contributed by atoms with E-state index >= 15 is 0 Å². The van der Waals surface area contributed by atoms with E-state index in [2.05, 4.69) is 5.32 Å². The molecule has 0 bridgehead atoms. The molecule has 1 aromatic carbocycles. The first kappa shape index (κ1) is 13.8. The highest BCUT2D eigenvalue weighted by Gasteiger charge is 2.14. The van der Waals surface area contributed by atoms with Gasteiger partial charge in [0.2, 0.25) is 0 Å². The lowest BCUT2D eigenvalue weighted by Crippen LogP contribution is -2.34. The van der Waals surface area contributed by atoms with Crippen LogP contribution in [-0.2, 0) is 4.79 Å². The van der Waals surface area contributed by atoms with Crippen LogP contribution in [0.5, 0.6) is 0 Å². The Morgan fingerprint density at radius 2 is 1.59 bits per heavy atom. The Bertz CT molecular complexity index is 456. The molecule has 0 fully saturated rings. The molecule has 17 heavy (non-hydrogen) atoms. The molecule has 2 N–H and O–H groups in total. The number of benzene rings is 1. The third kappa shape index (κ3) is 4.65. The fourth-order valence-electron chi connectivity index (χ4n) is 0.928. The summed E-state index contributed by atoms with van der Waals surface area (Å²) in [6, 6.07) is 7.86. The van der Waals surface area contributed by atoms with Crippen LogP contribution in [0.4, 0.5) is 10.5 Å². The number of halogens is 3. The average molecular weight is 294 g/mol. The molecular formula is C10H7Cl3N2O2. The molecule has 7 heteroatoms. The third-order valence-corrected chi connectivity index (χ3v) is 2.56. The molecule has 0 aromatic heterocycles. The molecule has 0 aliphatic rings. The number of carbonyl (C=O) groups excluding carboxylic acids is 2. The van der Waals surface area contributed by atoms with Gasteiger partial charge in [0, 0.05) is 5.69 Å². The van der Waals surface area contributed by atoms with E-state index in [-0.39, 0.29) is 0 Å². The fraction of sp³-hybridized carbons (Fsp3) is 0. The smallest absolute Gasteiger partial charge is 0.308 e. The summed E-state index contributed by atoms with van der Waals surface area (Å²) < 4.78 is -0.406. The molecule has 0 radical (unpaired) electrons. The highest BCUT2D eigenvalue weighted by Crippen LogP contribution is 2.17. The van der Waals surface area contributed by atoms with Crippen molar-refractivity contribution in [2.45, 2.75) is 0 Å². The SMILES string of the molecule is O=C(NC(=O)C(Cl)=C(Cl)Cl)Nc1ccccc1. The molecule has 0 aliphatic carbocycles. The van der Waals surface area contributed by atoms with Crippen LogP contribution in [0, 0.1) is 0 Å². The standard InChI is InChI=1S/C10H7Cl3N2O2/c11-7(8(12)13)9(16)15-10(17)14-6-4-2-1-3-5-6/h1-5H,(H2,14,15,16,17). The second-order valence-corrected chi connectivity index (χ2v) is 4.18. The monoisotopic (exact) mass is 292 g/mol. The lowest BCUT2D eigenvalue weighted by molar-refractivity contribution is -0.115. The van der Waals surface area contributed by atoms with Crippen LogP contribution in [0.15, 0.2) is 39.9 Å². The normalized spacial score (nSPS) is 9.35. The van der Waals surface area contributed by atoms with E-state index in [4.69, 9.17) is 34.8 Å².